The van der Waals surface area contributed by atoms with Crippen molar-refractivity contribution < 1.29 is 0 Å². The average molecular weight is 367 g/mol. The zero-order valence-corrected chi connectivity index (χ0v) is 13.9. The Morgan fingerprint density at radius 3 is 2.43 bits per heavy atom. The molecule has 3 rings (SSSR count). The first-order valence-electron chi connectivity index (χ1n) is 6.55. The highest BCUT2D eigenvalue weighted by Crippen LogP contribution is 2.28. The Bertz CT molecular complexity index is 841. The summed E-state index contributed by atoms with van der Waals surface area (Å²) >= 11 is 18.2. The van der Waals surface area contributed by atoms with Crippen LogP contribution in [0, 0.1) is 0 Å². The molecule has 0 aliphatic rings. The largest absolute Gasteiger partial charge is 0.338 e. The lowest BCUT2D eigenvalue weighted by Gasteiger charge is -2.10. The number of para-hydroxylation sites is 1. The second-order valence-electron chi connectivity index (χ2n) is 4.52. The van der Waals surface area contributed by atoms with E-state index in [1.807, 2.05) is 18.2 Å². The molecule has 23 heavy (non-hydrogen) atoms. The van der Waals surface area contributed by atoms with Crippen LogP contribution >= 0.6 is 34.8 Å². The Morgan fingerprint density at radius 2 is 1.61 bits per heavy atom. The van der Waals surface area contributed by atoms with E-state index in [-0.39, 0.29) is 0 Å². The predicted molar refractivity (Wildman–Crippen MR) is 94.3 cm³/mol. The van der Waals surface area contributed by atoms with Crippen LogP contribution < -0.4 is 10.6 Å². The highest BCUT2D eigenvalue weighted by Gasteiger charge is 2.06. The third kappa shape index (κ3) is 4.01. The zero-order chi connectivity index (χ0) is 16.2. The second kappa shape index (κ2) is 7.00. The Kier molecular flexibility index (Phi) is 4.81. The summed E-state index contributed by atoms with van der Waals surface area (Å²) in [5, 5.41) is 15.5. The molecule has 0 amide bonds. The minimum absolute atomic E-state index is 0.307. The minimum Gasteiger partial charge on any atom is -0.338 e. The van der Waals surface area contributed by atoms with Gasteiger partial charge in [0.05, 0.1) is 27.6 Å². The Labute approximate surface area is 147 Å². The van der Waals surface area contributed by atoms with Crippen molar-refractivity contribution in [3.8, 4) is 0 Å². The van der Waals surface area contributed by atoms with Crippen LogP contribution in [-0.2, 0) is 0 Å². The van der Waals surface area contributed by atoms with Crippen LogP contribution in [0.1, 0.15) is 0 Å². The van der Waals surface area contributed by atoms with Gasteiger partial charge in [0.2, 0.25) is 5.95 Å². The highest BCUT2D eigenvalue weighted by molar-refractivity contribution is 6.35. The molecule has 3 aromatic rings. The van der Waals surface area contributed by atoms with Crippen molar-refractivity contribution in [1.82, 2.24) is 15.2 Å². The van der Waals surface area contributed by atoms with Crippen molar-refractivity contribution in [2.45, 2.75) is 0 Å². The number of rotatable bonds is 4. The van der Waals surface area contributed by atoms with E-state index in [0.717, 1.165) is 0 Å². The number of anilines is 4. The molecule has 0 aliphatic heterocycles. The number of nitrogens with one attached hydrogen (secondary N) is 2. The van der Waals surface area contributed by atoms with Gasteiger partial charge in [0.1, 0.15) is 0 Å². The summed E-state index contributed by atoms with van der Waals surface area (Å²) < 4.78 is 0. The van der Waals surface area contributed by atoms with Gasteiger partial charge in [-0.15, -0.1) is 5.10 Å². The number of hydrogen-bond acceptors (Lipinski definition) is 5. The number of aromatic nitrogens is 3. The fourth-order valence-electron chi connectivity index (χ4n) is 1.83. The second-order valence-corrected chi connectivity index (χ2v) is 5.77. The van der Waals surface area contributed by atoms with Crippen molar-refractivity contribution in [2.24, 2.45) is 0 Å². The van der Waals surface area contributed by atoms with Crippen LogP contribution in [0.5, 0.6) is 0 Å². The molecule has 2 N–H and O–H groups in total. The van der Waals surface area contributed by atoms with Gasteiger partial charge in [-0.3, -0.25) is 0 Å². The fourth-order valence-corrected chi connectivity index (χ4v) is 2.35. The fraction of sp³-hybridized carbons (Fsp3) is 0. The van der Waals surface area contributed by atoms with Crippen LogP contribution in [0.4, 0.5) is 23.1 Å². The van der Waals surface area contributed by atoms with Crippen molar-refractivity contribution >= 4 is 57.9 Å². The van der Waals surface area contributed by atoms with Crippen LogP contribution in [-0.4, -0.2) is 15.2 Å². The monoisotopic (exact) mass is 365 g/mol. The molecule has 2 aromatic carbocycles. The maximum absolute atomic E-state index is 6.12. The van der Waals surface area contributed by atoms with Gasteiger partial charge in [0, 0.05) is 5.02 Å². The summed E-state index contributed by atoms with van der Waals surface area (Å²) in [6.45, 7) is 0. The smallest absolute Gasteiger partial charge is 0.249 e. The molecular weight excluding hydrogens is 357 g/mol. The Morgan fingerprint density at radius 1 is 0.826 bits per heavy atom. The van der Waals surface area contributed by atoms with Crippen LogP contribution in [0.2, 0.25) is 15.1 Å². The van der Waals surface area contributed by atoms with E-state index in [1.165, 1.54) is 6.20 Å². The van der Waals surface area contributed by atoms with E-state index in [4.69, 9.17) is 34.8 Å². The first-order chi connectivity index (χ1) is 11.1. The van der Waals surface area contributed by atoms with Gasteiger partial charge in [-0.1, -0.05) is 46.9 Å². The molecule has 0 radical (unpaired) electrons. The standard InChI is InChI=1S/C15H10Cl3N5/c16-9-5-6-11(18)13(7-9)20-14-8-19-23-15(22-14)21-12-4-2-1-3-10(12)17/h1-8H,(H2,20,21,22,23). The van der Waals surface area contributed by atoms with Crippen molar-refractivity contribution in [3.63, 3.8) is 0 Å². The van der Waals surface area contributed by atoms with Crippen molar-refractivity contribution in [1.29, 1.82) is 0 Å². The van der Waals surface area contributed by atoms with Gasteiger partial charge in [-0.05, 0) is 30.3 Å². The molecule has 0 spiro atoms. The summed E-state index contributed by atoms with van der Waals surface area (Å²) in [5.74, 6) is 0.778. The minimum atomic E-state index is 0.307. The van der Waals surface area contributed by atoms with E-state index >= 15 is 0 Å². The van der Waals surface area contributed by atoms with E-state index in [1.54, 1.807) is 24.3 Å². The number of benzene rings is 2. The maximum Gasteiger partial charge on any atom is 0.249 e. The van der Waals surface area contributed by atoms with Gasteiger partial charge in [-0.2, -0.15) is 10.1 Å². The normalized spacial score (nSPS) is 10.4. The van der Waals surface area contributed by atoms with Gasteiger partial charge < -0.3 is 10.6 Å². The van der Waals surface area contributed by atoms with Gasteiger partial charge in [0.25, 0.3) is 0 Å². The van der Waals surface area contributed by atoms with Crippen molar-refractivity contribution in [2.75, 3.05) is 10.6 Å². The van der Waals surface area contributed by atoms with Crippen LogP contribution in [0.3, 0.4) is 0 Å². The summed E-state index contributed by atoms with van der Waals surface area (Å²) in [4.78, 5) is 4.32. The molecule has 0 fully saturated rings. The molecule has 0 bridgehead atoms. The molecule has 0 aliphatic carbocycles. The number of nitrogens with zero attached hydrogens (tertiary/aromatic N) is 3. The molecule has 0 saturated heterocycles. The molecule has 0 unspecified atom stereocenters. The summed E-state index contributed by atoms with van der Waals surface area (Å²) in [6.07, 6.45) is 1.48. The lowest BCUT2D eigenvalue weighted by molar-refractivity contribution is 0.982. The Hall–Kier alpha value is -2.08. The summed E-state index contributed by atoms with van der Waals surface area (Å²) in [6, 6.07) is 12.4. The number of halogens is 3. The first kappa shape index (κ1) is 15.8. The van der Waals surface area contributed by atoms with Crippen molar-refractivity contribution in [3.05, 3.63) is 63.7 Å². The molecule has 1 heterocycles. The lowest BCUT2D eigenvalue weighted by Crippen LogP contribution is -2.02. The third-order valence-electron chi connectivity index (χ3n) is 2.87. The average Bonchev–Trinajstić information content (AvgIpc) is 2.54. The molecule has 0 saturated carbocycles. The lowest BCUT2D eigenvalue weighted by atomic mass is 10.3. The zero-order valence-electron chi connectivity index (χ0n) is 11.6. The Balaban J connectivity index is 1.83. The van der Waals surface area contributed by atoms with Gasteiger partial charge in [-0.25, -0.2) is 0 Å². The topological polar surface area (TPSA) is 62.7 Å². The van der Waals surface area contributed by atoms with Crippen LogP contribution in [0.15, 0.2) is 48.7 Å². The molecular formula is C15H10Cl3N5. The molecule has 0 atom stereocenters. The molecule has 5 nitrogen and oxygen atoms in total. The molecule has 1 aromatic heterocycles. The van der Waals surface area contributed by atoms with E-state index in [2.05, 4.69) is 25.8 Å². The SMILES string of the molecule is Clc1ccc(Cl)c(Nc2cnnc(Nc3ccccc3Cl)n2)c1. The predicted octanol–water partition coefficient (Wildman–Crippen LogP) is 5.32. The van der Waals surface area contributed by atoms with E-state index in [9.17, 15) is 0 Å². The molecule has 116 valence electrons. The van der Waals surface area contributed by atoms with Gasteiger partial charge in [0.15, 0.2) is 5.82 Å². The van der Waals surface area contributed by atoms with Crippen LogP contribution in [0.25, 0.3) is 0 Å². The summed E-state index contributed by atoms with van der Waals surface area (Å²) in [7, 11) is 0. The highest BCUT2D eigenvalue weighted by atomic mass is 35.5. The third-order valence-corrected chi connectivity index (χ3v) is 3.76. The molecule has 8 heteroatoms. The maximum atomic E-state index is 6.12. The van der Waals surface area contributed by atoms with Gasteiger partial charge >= 0.3 is 0 Å². The quantitative estimate of drug-likeness (QED) is 0.654. The summed E-state index contributed by atoms with van der Waals surface area (Å²) in [5.41, 5.74) is 1.32. The van der Waals surface area contributed by atoms with E-state index < -0.39 is 0 Å². The first-order valence-corrected chi connectivity index (χ1v) is 7.68. The van der Waals surface area contributed by atoms with E-state index in [0.29, 0.717) is 38.2 Å². The number of hydrogen-bond donors (Lipinski definition) is 2.